The van der Waals surface area contributed by atoms with Gasteiger partial charge in [-0.1, -0.05) is 11.6 Å². The van der Waals surface area contributed by atoms with Crippen molar-refractivity contribution in [1.82, 2.24) is 9.29 Å². The van der Waals surface area contributed by atoms with Gasteiger partial charge >= 0.3 is 0 Å². The van der Waals surface area contributed by atoms with Gasteiger partial charge in [0.2, 0.25) is 10.0 Å². The summed E-state index contributed by atoms with van der Waals surface area (Å²) in [6, 6.07) is 13.9. The van der Waals surface area contributed by atoms with Gasteiger partial charge < -0.3 is 14.6 Å². The molecule has 3 saturated carbocycles. The first-order chi connectivity index (χ1) is 16.1. The highest BCUT2D eigenvalue weighted by atomic mass is 35.5. The SMILES string of the molecule is CS(=O)(=O)NC12CC(CNc3ccc4c(ccn4-c4cc(Cl)c(OCCCl)c(C#N)c4)c3)(C1)C2. The van der Waals surface area contributed by atoms with Crippen molar-refractivity contribution in [1.29, 1.82) is 5.26 Å². The predicted molar refractivity (Wildman–Crippen MR) is 135 cm³/mol. The molecule has 1 heterocycles. The van der Waals surface area contributed by atoms with Crippen LogP contribution >= 0.6 is 23.2 Å². The number of sulfonamides is 1. The first-order valence-electron chi connectivity index (χ1n) is 10.9. The third-order valence-corrected chi connectivity index (χ3v) is 7.89. The van der Waals surface area contributed by atoms with Crippen LogP contribution in [-0.4, -0.2) is 43.8 Å². The van der Waals surface area contributed by atoms with Gasteiger partial charge in [-0.25, -0.2) is 13.1 Å². The van der Waals surface area contributed by atoms with E-state index in [0.29, 0.717) is 22.2 Å². The van der Waals surface area contributed by atoms with Gasteiger partial charge in [0.15, 0.2) is 5.75 Å². The number of rotatable bonds is 9. The molecular weight excluding hydrogens is 495 g/mol. The van der Waals surface area contributed by atoms with E-state index < -0.39 is 10.0 Å². The first kappa shape index (κ1) is 23.3. The van der Waals surface area contributed by atoms with E-state index in [1.165, 1.54) is 6.26 Å². The normalized spacial score (nSPS) is 23.1. The highest BCUT2D eigenvalue weighted by Crippen LogP contribution is 2.67. The lowest BCUT2D eigenvalue weighted by Gasteiger charge is -2.70. The van der Waals surface area contributed by atoms with E-state index in [2.05, 4.69) is 22.2 Å². The number of hydrogen-bond donors (Lipinski definition) is 2. The Labute approximate surface area is 208 Å². The molecule has 0 spiro atoms. The molecule has 6 rings (SSSR count). The maximum absolute atomic E-state index is 11.5. The topological polar surface area (TPSA) is 96.2 Å². The summed E-state index contributed by atoms with van der Waals surface area (Å²) in [5, 5.41) is 14.5. The second-order valence-corrected chi connectivity index (χ2v) is 12.0. The van der Waals surface area contributed by atoms with Gasteiger partial charge in [0.25, 0.3) is 0 Å². The minimum atomic E-state index is -3.17. The average Bonchev–Trinajstić information content (AvgIpc) is 3.15. The molecule has 3 aliphatic rings. The second-order valence-electron chi connectivity index (χ2n) is 9.45. The monoisotopic (exact) mass is 518 g/mol. The van der Waals surface area contributed by atoms with E-state index in [1.54, 1.807) is 12.1 Å². The molecule has 34 heavy (non-hydrogen) atoms. The Morgan fingerprint density at radius 3 is 2.65 bits per heavy atom. The average molecular weight is 519 g/mol. The predicted octanol–water partition coefficient (Wildman–Crippen LogP) is 4.66. The molecule has 0 saturated heterocycles. The van der Waals surface area contributed by atoms with Gasteiger partial charge in [-0.05, 0) is 61.1 Å². The van der Waals surface area contributed by atoms with Crippen LogP contribution in [0.1, 0.15) is 24.8 Å². The van der Waals surface area contributed by atoms with E-state index in [0.717, 1.165) is 48.1 Å². The van der Waals surface area contributed by atoms with Crippen LogP contribution in [0.15, 0.2) is 42.6 Å². The molecule has 0 aliphatic heterocycles. The lowest BCUT2D eigenvalue weighted by atomic mass is 9.40. The van der Waals surface area contributed by atoms with Crippen molar-refractivity contribution >= 4 is 49.8 Å². The van der Waals surface area contributed by atoms with E-state index >= 15 is 0 Å². The van der Waals surface area contributed by atoms with E-state index in [4.69, 9.17) is 27.9 Å². The van der Waals surface area contributed by atoms with Crippen LogP contribution in [0.2, 0.25) is 5.02 Å². The Balaban J connectivity index is 1.31. The molecule has 178 valence electrons. The van der Waals surface area contributed by atoms with Gasteiger partial charge in [-0.15, -0.1) is 11.6 Å². The lowest BCUT2D eigenvalue weighted by Crippen LogP contribution is -2.76. The molecule has 0 amide bonds. The summed E-state index contributed by atoms with van der Waals surface area (Å²) in [5.74, 6) is 0.653. The van der Waals surface area contributed by atoms with Crippen molar-refractivity contribution < 1.29 is 13.2 Å². The largest absolute Gasteiger partial charge is 0.489 e. The van der Waals surface area contributed by atoms with Crippen molar-refractivity contribution in [3.05, 3.63) is 53.2 Å². The zero-order valence-electron chi connectivity index (χ0n) is 18.6. The fraction of sp³-hybridized carbons (Fsp3) is 0.375. The number of benzene rings is 2. The Morgan fingerprint density at radius 2 is 1.97 bits per heavy atom. The zero-order valence-corrected chi connectivity index (χ0v) is 20.9. The number of nitriles is 1. The molecule has 0 atom stereocenters. The number of nitrogens with zero attached hydrogens (tertiary/aromatic N) is 2. The molecule has 3 aromatic rings. The molecule has 2 aromatic carbocycles. The van der Waals surface area contributed by atoms with Crippen molar-refractivity contribution in [2.45, 2.75) is 24.8 Å². The summed E-state index contributed by atoms with van der Waals surface area (Å²) in [6.45, 7) is 1.09. The molecule has 7 nitrogen and oxygen atoms in total. The zero-order chi connectivity index (χ0) is 24.1. The van der Waals surface area contributed by atoms with Crippen LogP contribution < -0.4 is 14.8 Å². The third kappa shape index (κ3) is 4.22. The summed E-state index contributed by atoms with van der Waals surface area (Å²) in [5.41, 5.74) is 3.09. The fourth-order valence-electron chi connectivity index (χ4n) is 5.54. The minimum absolute atomic E-state index is 0.177. The van der Waals surface area contributed by atoms with Gasteiger partial charge in [0, 0.05) is 35.0 Å². The summed E-state index contributed by atoms with van der Waals surface area (Å²) >= 11 is 12.1. The summed E-state index contributed by atoms with van der Waals surface area (Å²) in [4.78, 5) is 0. The molecule has 3 fully saturated rings. The van der Waals surface area contributed by atoms with Crippen LogP contribution in [0.25, 0.3) is 16.6 Å². The number of anilines is 1. The first-order valence-corrected chi connectivity index (χ1v) is 13.7. The van der Waals surface area contributed by atoms with Crippen molar-refractivity contribution in [3.8, 4) is 17.5 Å². The molecule has 2 bridgehead atoms. The second kappa shape index (κ2) is 8.35. The Kier molecular flexibility index (Phi) is 5.72. The number of nitrogens with one attached hydrogen (secondary N) is 2. The Bertz CT molecular complexity index is 1410. The highest BCUT2D eigenvalue weighted by molar-refractivity contribution is 7.88. The number of aromatic nitrogens is 1. The van der Waals surface area contributed by atoms with Crippen molar-refractivity contribution in [2.75, 3.05) is 30.6 Å². The van der Waals surface area contributed by atoms with Gasteiger partial charge in [0.05, 0.1) is 28.2 Å². The van der Waals surface area contributed by atoms with E-state index in [-0.39, 0.29) is 17.6 Å². The van der Waals surface area contributed by atoms with E-state index in [1.807, 2.05) is 29.0 Å². The van der Waals surface area contributed by atoms with Crippen LogP contribution in [-0.2, 0) is 10.0 Å². The third-order valence-electron chi connectivity index (χ3n) is 6.65. The molecule has 1 aromatic heterocycles. The van der Waals surface area contributed by atoms with Crippen LogP contribution in [0.3, 0.4) is 0 Å². The number of ether oxygens (including phenoxy) is 1. The quantitative estimate of drug-likeness (QED) is 0.401. The van der Waals surface area contributed by atoms with Gasteiger partial charge in [0.1, 0.15) is 12.7 Å². The Hall–Kier alpha value is -2.44. The van der Waals surface area contributed by atoms with Crippen LogP contribution in [0.5, 0.6) is 5.75 Å². The molecular formula is C24H24Cl2N4O3S. The maximum Gasteiger partial charge on any atom is 0.209 e. The summed E-state index contributed by atoms with van der Waals surface area (Å²) < 4.78 is 33.4. The molecule has 2 N–H and O–H groups in total. The lowest BCUT2D eigenvalue weighted by molar-refractivity contribution is -0.130. The maximum atomic E-state index is 11.5. The summed E-state index contributed by atoms with van der Waals surface area (Å²) in [6.07, 6.45) is 5.81. The van der Waals surface area contributed by atoms with Crippen molar-refractivity contribution in [2.24, 2.45) is 5.41 Å². The minimum Gasteiger partial charge on any atom is -0.489 e. The van der Waals surface area contributed by atoms with Crippen LogP contribution in [0, 0.1) is 16.7 Å². The standard InChI is InChI=1S/C24H24Cl2N4O3S/c1-34(31,32)29-24-12-23(13-24,14-24)15-28-18-2-3-21-16(8-18)4-6-30(21)19-9-17(11-27)22(20(26)10-19)33-7-5-25/h2-4,6,8-10,28-29H,5,7,12-15H2,1H3. The molecule has 10 heteroatoms. The van der Waals surface area contributed by atoms with Crippen LogP contribution in [0.4, 0.5) is 5.69 Å². The molecule has 0 radical (unpaired) electrons. The van der Waals surface area contributed by atoms with Gasteiger partial charge in [-0.2, -0.15) is 5.26 Å². The number of alkyl halides is 1. The highest BCUT2D eigenvalue weighted by Gasteiger charge is 2.68. The Morgan fingerprint density at radius 1 is 1.21 bits per heavy atom. The van der Waals surface area contributed by atoms with E-state index in [9.17, 15) is 13.7 Å². The van der Waals surface area contributed by atoms with Crippen molar-refractivity contribution in [3.63, 3.8) is 0 Å². The molecule has 0 unspecified atom stereocenters. The number of fused-ring (bicyclic) bond motifs is 1. The summed E-state index contributed by atoms with van der Waals surface area (Å²) in [7, 11) is -3.17. The fourth-order valence-corrected chi connectivity index (χ4v) is 6.89. The molecule has 3 aliphatic carbocycles. The smallest absolute Gasteiger partial charge is 0.209 e. The van der Waals surface area contributed by atoms with Gasteiger partial charge in [-0.3, -0.25) is 0 Å². The number of hydrogen-bond acceptors (Lipinski definition) is 5. The number of halogens is 2.